The van der Waals surface area contributed by atoms with Crippen LogP contribution in [0.4, 0.5) is 0 Å². The fourth-order valence-corrected chi connectivity index (χ4v) is 6.15. The summed E-state index contributed by atoms with van der Waals surface area (Å²) in [6.45, 7) is 0.389. The molecule has 2 aromatic heterocycles. The molecular weight excluding hydrogens is 434 g/mol. The third-order valence-electron chi connectivity index (χ3n) is 5.24. The first-order chi connectivity index (χ1) is 14.9. The second-order valence-corrected chi connectivity index (χ2v) is 10.6. The Balaban J connectivity index is 1.48. The van der Waals surface area contributed by atoms with Gasteiger partial charge < -0.3 is 9.47 Å². The second-order valence-electron chi connectivity index (χ2n) is 7.46. The Morgan fingerprint density at radius 3 is 2.68 bits per heavy atom. The van der Waals surface area contributed by atoms with Crippen LogP contribution in [0.1, 0.15) is 12.0 Å². The highest BCUT2D eigenvalue weighted by atomic mass is 32.2. The molecule has 0 aliphatic carbocycles. The van der Waals surface area contributed by atoms with Crippen molar-refractivity contribution < 1.29 is 13.2 Å². The molecule has 162 valence electrons. The van der Waals surface area contributed by atoms with E-state index >= 15 is 0 Å². The Hall–Kier alpha value is -2.72. The van der Waals surface area contributed by atoms with Gasteiger partial charge in [0.15, 0.2) is 20.8 Å². The first kappa shape index (κ1) is 21.5. The summed E-state index contributed by atoms with van der Waals surface area (Å²) in [5, 5.41) is 9.05. The first-order valence-electron chi connectivity index (χ1n) is 9.89. The highest BCUT2D eigenvalue weighted by Crippen LogP contribution is 2.25. The summed E-state index contributed by atoms with van der Waals surface area (Å²) < 4.78 is 25.9. The molecular formula is C21H23N5O3S2. The van der Waals surface area contributed by atoms with E-state index in [1.807, 2.05) is 54.1 Å². The van der Waals surface area contributed by atoms with E-state index in [0.29, 0.717) is 23.9 Å². The van der Waals surface area contributed by atoms with Crippen LogP contribution in [-0.2, 0) is 28.2 Å². The number of carbonyl (C=O) groups is 1. The average molecular weight is 458 g/mol. The molecule has 8 nitrogen and oxygen atoms in total. The number of carbonyl (C=O) groups excluding carboxylic acids is 1. The van der Waals surface area contributed by atoms with Crippen molar-refractivity contribution in [3.05, 3.63) is 60.4 Å². The van der Waals surface area contributed by atoms with Gasteiger partial charge in [-0.1, -0.05) is 42.1 Å². The topological polar surface area (TPSA) is 98.1 Å². The fourth-order valence-electron chi connectivity index (χ4n) is 3.62. The Morgan fingerprint density at radius 1 is 1.19 bits per heavy atom. The minimum atomic E-state index is -3.10. The molecule has 1 atom stereocenters. The number of hydrogen-bond acceptors (Lipinski definition) is 7. The predicted molar refractivity (Wildman–Crippen MR) is 119 cm³/mol. The van der Waals surface area contributed by atoms with E-state index in [1.54, 1.807) is 17.3 Å². The van der Waals surface area contributed by atoms with Crippen LogP contribution >= 0.6 is 11.8 Å². The van der Waals surface area contributed by atoms with E-state index < -0.39 is 9.84 Å². The van der Waals surface area contributed by atoms with Crippen molar-refractivity contribution in [3.8, 4) is 11.4 Å². The summed E-state index contributed by atoms with van der Waals surface area (Å²) in [7, 11) is -1.25. The van der Waals surface area contributed by atoms with Crippen LogP contribution in [-0.4, -0.2) is 62.3 Å². The van der Waals surface area contributed by atoms with E-state index in [-0.39, 0.29) is 29.2 Å². The molecule has 0 saturated carbocycles. The molecule has 0 spiro atoms. The first-order valence-corrected chi connectivity index (χ1v) is 12.7. The van der Waals surface area contributed by atoms with Crippen LogP contribution in [0.25, 0.3) is 11.4 Å². The lowest BCUT2D eigenvalue weighted by atomic mass is 10.1. The van der Waals surface area contributed by atoms with Gasteiger partial charge in [-0.15, -0.1) is 10.2 Å². The van der Waals surface area contributed by atoms with Crippen molar-refractivity contribution in [1.82, 2.24) is 24.6 Å². The molecule has 1 saturated heterocycles. The maximum atomic E-state index is 13.1. The van der Waals surface area contributed by atoms with Gasteiger partial charge in [-0.05, 0) is 24.1 Å². The Bertz CT molecular complexity index is 1150. The van der Waals surface area contributed by atoms with Gasteiger partial charge in [0, 0.05) is 37.6 Å². The van der Waals surface area contributed by atoms with Gasteiger partial charge in [0.2, 0.25) is 5.91 Å². The van der Waals surface area contributed by atoms with Crippen molar-refractivity contribution in [2.24, 2.45) is 7.05 Å². The number of pyridine rings is 1. The van der Waals surface area contributed by atoms with Gasteiger partial charge in [0.1, 0.15) is 0 Å². The molecule has 3 heterocycles. The van der Waals surface area contributed by atoms with Crippen LogP contribution in [0.3, 0.4) is 0 Å². The number of thioether (sulfide) groups is 1. The lowest BCUT2D eigenvalue weighted by Gasteiger charge is -2.28. The van der Waals surface area contributed by atoms with Gasteiger partial charge in [-0.3, -0.25) is 9.78 Å². The number of rotatable bonds is 7. The van der Waals surface area contributed by atoms with Gasteiger partial charge >= 0.3 is 0 Å². The van der Waals surface area contributed by atoms with E-state index in [2.05, 4.69) is 15.2 Å². The van der Waals surface area contributed by atoms with Gasteiger partial charge in [-0.2, -0.15) is 0 Å². The molecule has 1 fully saturated rings. The van der Waals surface area contributed by atoms with E-state index in [1.165, 1.54) is 11.8 Å². The van der Waals surface area contributed by atoms with Crippen molar-refractivity contribution in [2.75, 3.05) is 17.3 Å². The quantitative estimate of drug-likeness (QED) is 0.502. The minimum absolute atomic E-state index is 0.0192. The third kappa shape index (κ3) is 5.13. The maximum absolute atomic E-state index is 13.1. The molecule has 31 heavy (non-hydrogen) atoms. The van der Waals surface area contributed by atoms with Crippen LogP contribution in [0, 0.1) is 0 Å². The van der Waals surface area contributed by atoms with Crippen molar-refractivity contribution in [2.45, 2.75) is 24.2 Å². The van der Waals surface area contributed by atoms with Crippen molar-refractivity contribution in [3.63, 3.8) is 0 Å². The standard InChI is InChI=1S/C21H23N5O3S2/c1-25-20(17-8-5-10-22-12-17)23-24-21(25)30-14-19(27)26(13-16-6-3-2-4-7-16)18-9-11-31(28,29)15-18/h2-8,10,12,18H,9,11,13-15H2,1H3/t18-/m0/s1. The average Bonchev–Trinajstić information content (AvgIpc) is 3.33. The molecule has 0 radical (unpaired) electrons. The van der Waals surface area contributed by atoms with E-state index in [4.69, 9.17) is 0 Å². The zero-order valence-corrected chi connectivity index (χ0v) is 18.7. The molecule has 1 amide bonds. The lowest BCUT2D eigenvalue weighted by molar-refractivity contribution is -0.130. The number of aromatic nitrogens is 4. The number of sulfone groups is 1. The third-order valence-corrected chi connectivity index (χ3v) is 8.00. The zero-order valence-electron chi connectivity index (χ0n) is 17.1. The van der Waals surface area contributed by atoms with Crippen LogP contribution in [0.5, 0.6) is 0 Å². The SMILES string of the molecule is Cn1c(SCC(=O)N(Cc2ccccc2)[C@H]2CCS(=O)(=O)C2)nnc1-c1cccnc1. The monoisotopic (exact) mass is 457 g/mol. The summed E-state index contributed by atoms with van der Waals surface area (Å²) >= 11 is 1.30. The number of hydrogen-bond donors (Lipinski definition) is 0. The highest BCUT2D eigenvalue weighted by molar-refractivity contribution is 7.99. The predicted octanol–water partition coefficient (Wildman–Crippen LogP) is 2.19. The van der Waals surface area contributed by atoms with Crippen LogP contribution in [0.15, 0.2) is 60.0 Å². The van der Waals surface area contributed by atoms with Crippen LogP contribution < -0.4 is 0 Å². The molecule has 0 unspecified atom stereocenters. The van der Waals surface area contributed by atoms with Crippen molar-refractivity contribution >= 4 is 27.5 Å². The molecule has 1 aliphatic heterocycles. The largest absolute Gasteiger partial charge is 0.334 e. The lowest BCUT2D eigenvalue weighted by Crippen LogP contribution is -2.41. The summed E-state index contributed by atoms with van der Waals surface area (Å²) in [4.78, 5) is 19.0. The van der Waals surface area contributed by atoms with Gasteiger partial charge in [0.25, 0.3) is 0 Å². The fraction of sp³-hybridized carbons (Fsp3) is 0.333. The normalized spacial score (nSPS) is 17.5. The Morgan fingerprint density at radius 2 is 2.00 bits per heavy atom. The summed E-state index contributed by atoms with van der Waals surface area (Å²) in [5.41, 5.74) is 1.82. The molecule has 0 bridgehead atoms. The number of nitrogens with zero attached hydrogens (tertiary/aromatic N) is 5. The van der Waals surface area contributed by atoms with Crippen molar-refractivity contribution in [1.29, 1.82) is 0 Å². The molecule has 1 aliphatic rings. The summed E-state index contributed by atoms with van der Waals surface area (Å²) in [6.07, 6.45) is 3.88. The van der Waals surface area contributed by atoms with Gasteiger partial charge in [0.05, 0.1) is 17.3 Å². The highest BCUT2D eigenvalue weighted by Gasteiger charge is 2.34. The maximum Gasteiger partial charge on any atom is 0.233 e. The Labute approximate surface area is 185 Å². The van der Waals surface area contributed by atoms with Crippen LogP contribution in [0.2, 0.25) is 0 Å². The smallest absolute Gasteiger partial charge is 0.233 e. The molecule has 1 aromatic carbocycles. The zero-order chi connectivity index (χ0) is 21.8. The summed E-state index contributed by atoms with van der Waals surface area (Å²) in [6, 6.07) is 13.1. The number of amides is 1. The van der Waals surface area contributed by atoms with E-state index in [9.17, 15) is 13.2 Å². The van der Waals surface area contributed by atoms with Gasteiger partial charge in [-0.25, -0.2) is 8.42 Å². The molecule has 4 rings (SSSR count). The molecule has 10 heteroatoms. The molecule has 0 N–H and O–H groups in total. The minimum Gasteiger partial charge on any atom is -0.334 e. The Kier molecular flexibility index (Phi) is 6.38. The number of benzene rings is 1. The summed E-state index contributed by atoms with van der Waals surface area (Å²) in [5.74, 6) is 0.863. The molecule has 3 aromatic rings. The van der Waals surface area contributed by atoms with E-state index in [0.717, 1.165) is 11.1 Å². The second kappa shape index (κ2) is 9.19.